The molecule has 4 nitrogen and oxygen atoms in total. The van der Waals surface area contributed by atoms with E-state index in [4.69, 9.17) is 11.5 Å². The van der Waals surface area contributed by atoms with Crippen LogP contribution in [0.1, 0.15) is 17.2 Å². The predicted octanol–water partition coefficient (Wildman–Crippen LogP) is 1.33. The molecular weight excluding hydrogens is 202 g/mol. The number of aromatic nitrogens is 1. The summed E-state index contributed by atoms with van der Waals surface area (Å²) in [5.74, 6) is 0.318. The lowest BCUT2D eigenvalue weighted by molar-refractivity contribution is 0.221. The quantitative estimate of drug-likeness (QED) is 0.660. The van der Waals surface area contributed by atoms with Gasteiger partial charge < -0.3 is 16.6 Å². The Morgan fingerprint density at radius 1 is 1.00 bits per heavy atom. The summed E-state index contributed by atoms with van der Waals surface area (Å²) >= 11 is 0. The zero-order valence-corrected chi connectivity index (χ0v) is 8.67. The van der Waals surface area contributed by atoms with Gasteiger partial charge in [-0.05, 0) is 12.1 Å². The molecule has 4 heteroatoms. The fourth-order valence-electron chi connectivity index (χ4n) is 1.59. The molecular formula is C12H13N3O. The van der Waals surface area contributed by atoms with Crippen LogP contribution in [0.4, 0.5) is 11.5 Å². The summed E-state index contributed by atoms with van der Waals surface area (Å²) in [4.78, 5) is 3.93. The number of hydrogen-bond acceptors (Lipinski definition) is 4. The summed E-state index contributed by atoms with van der Waals surface area (Å²) in [5, 5.41) is 10.2. The Labute approximate surface area is 93.5 Å². The Hall–Kier alpha value is -2.07. The molecule has 1 aromatic heterocycles. The summed E-state index contributed by atoms with van der Waals surface area (Å²) in [7, 11) is 0. The van der Waals surface area contributed by atoms with Crippen LogP contribution in [0.2, 0.25) is 0 Å². The van der Waals surface area contributed by atoms with Gasteiger partial charge >= 0.3 is 0 Å². The van der Waals surface area contributed by atoms with E-state index in [2.05, 4.69) is 4.98 Å². The van der Waals surface area contributed by atoms with E-state index in [-0.39, 0.29) is 0 Å². The molecule has 0 aliphatic carbocycles. The largest absolute Gasteiger partial charge is 0.398 e. The normalized spacial score (nSPS) is 12.3. The fourth-order valence-corrected chi connectivity index (χ4v) is 1.59. The number of anilines is 2. The lowest BCUT2D eigenvalue weighted by atomic mass is 10.0. The van der Waals surface area contributed by atoms with Gasteiger partial charge in [-0.15, -0.1) is 0 Å². The standard InChI is InChI=1S/C12H13N3O/c13-10-6-2-1-4-8(10)11(16)9-5-3-7-15-12(9)14/h1-7,11,16H,13H2,(H2,14,15). The Bertz CT molecular complexity index is 454. The summed E-state index contributed by atoms with van der Waals surface area (Å²) in [6.07, 6.45) is 0.745. The van der Waals surface area contributed by atoms with Crippen molar-refractivity contribution in [2.45, 2.75) is 6.10 Å². The molecule has 1 heterocycles. The van der Waals surface area contributed by atoms with Crippen molar-refractivity contribution in [2.75, 3.05) is 11.5 Å². The molecule has 0 radical (unpaired) electrons. The van der Waals surface area contributed by atoms with E-state index in [1.54, 1.807) is 30.5 Å². The Morgan fingerprint density at radius 3 is 2.38 bits per heavy atom. The number of pyridine rings is 1. The zero-order valence-electron chi connectivity index (χ0n) is 8.67. The second kappa shape index (κ2) is 4.20. The third-order valence-electron chi connectivity index (χ3n) is 2.46. The first-order chi connectivity index (χ1) is 7.70. The Balaban J connectivity index is 2.44. The van der Waals surface area contributed by atoms with Gasteiger partial charge in [-0.2, -0.15) is 0 Å². The van der Waals surface area contributed by atoms with Crippen LogP contribution in [0.25, 0.3) is 0 Å². The number of aliphatic hydroxyl groups is 1. The monoisotopic (exact) mass is 215 g/mol. The molecule has 0 amide bonds. The number of hydrogen-bond donors (Lipinski definition) is 3. The van der Waals surface area contributed by atoms with Crippen LogP contribution in [0, 0.1) is 0 Å². The first kappa shape index (κ1) is 10.4. The van der Waals surface area contributed by atoms with Crippen LogP contribution in [0.15, 0.2) is 42.6 Å². The third-order valence-corrected chi connectivity index (χ3v) is 2.46. The minimum absolute atomic E-state index is 0.318. The van der Waals surface area contributed by atoms with E-state index in [1.165, 1.54) is 0 Å². The van der Waals surface area contributed by atoms with Gasteiger partial charge in [0.1, 0.15) is 11.9 Å². The summed E-state index contributed by atoms with van der Waals surface area (Å²) < 4.78 is 0. The van der Waals surface area contributed by atoms with Gasteiger partial charge in [0.25, 0.3) is 0 Å². The summed E-state index contributed by atoms with van der Waals surface area (Å²) in [6, 6.07) is 10.6. The highest BCUT2D eigenvalue weighted by molar-refractivity contribution is 5.53. The average Bonchev–Trinajstić information content (AvgIpc) is 2.29. The number of nitrogen functional groups attached to an aromatic ring is 2. The van der Waals surface area contributed by atoms with Crippen molar-refractivity contribution in [3.8, 4) is 0 Å². The van der Waals surface area contributed by atoms with Gasteiger partial charge in [0.2, 0.25) is 0 Å². The lowest BCUT2D eigenvalue weighted by Gasteiger charge is -2.14. The maximum absolute atomic E-state index is 10.2. The molecule has 1 aromatic carbocycles. The average molecular weight is 215 g/mol. The first-order valence-corrected chi connectivity index (χ1v) is 4.93. The van der Waals surface area contributed by atoms with E-state index in [0.717, 1.165) is 0 Å². The molecule has 82 valence electrons. The number of aliphatic hydroxyl groups excluding tert-OH is 1. The maximum atomic E-state index is 10.2. The van der Waals surface area contributed by atoms with Crippen molar-refractivity contribution in [1.82, 2.24) is 4.98 Å². The van der Waals surface area contributed by atoms with Crippen molar-refractivity contribution >= 4 is 11.5 Å². The van der Waals surface area contributed by atoms with Crippen LogP contribution in [-0.2, 0) is 0 Å². The van der Waals surface area contributed by atoms with Gasteiger partial charge in [-0.25, -0.2) is 4.98 Å². The van der Waals surface area contributed by atoms with Gasteiger partial charge in [0.15, 0.2) is 0 Å². The molecule has 1 atom stereocenters. The third kappa shape index (κ3) is 1.83. The van der Waals surface area contributed by atoms with Crippen LogP contribution in [-0.4, -0.2) is 10.1 Å². The van der Waals surface area contributed by atoms with Crippen molar-refractivity contribution in [1.29, 1.82) is 0 Å². The van der Waals surface area contributed by atoms with E-state index >= 15 is 0 Å². The molecule has 0 saturated carbocycles. The smallest absolute Gasteiger partial charge is 0.129 e. The predicted molar refractivity (Wildman–Crippen MR) is 63.6 cm³/mol. The minimum atomic E-state index is -0.838. The van der Waals surface area contributed by atoms with Crippen molar-refractivity contribution in [2.24, 2.45) is 0 Å². The number of nitrogens with two attached hydrogens (primary N) is 2. The Kier molecular flexibility index (Phi) is 2.74. The lowest BCUT2D eigenvalue weighted by Crippen LogP contribution is -2.07. The minimum Gasteiger partial charge on any atom is -0.398 e. The molecule has 2 rings (SSSR count). The van der Waals surface area contributed by atoms with E-state index in [1.807, 2.05) is 12.1 Å². The van der Waals surface area contributed by atoms with Crippen molar-refractivity contribution in [3.63, 3.8) is 0 Å². The van der Waals surface area contributed by atoms with Crippen LogP contribution >= 0.6 is 0 Å². The van der Waals surface area contributed by atoms with Gasteiger partial charge in [0.05, 0.1) is 0 Å². The molecule has 0 aliphatic heterocycles. The molecule has 2 aromatic rings. The molecule has 1 unspecified atom stereocenters. The van der Waals surface area contributed by atoms with E-state index < -0.39 is 6.10 Å². The second-order valence-electron chi connectivity index (χ2n) is 3.51. The topological polar surface area (TPSA) is 85.2 Å². The number of para-hydroxylation sites is 1. The molecule has 0 aliphatic rings. The molecule has 0 fully saturated rings. The molecule has 5 N–H and O–H groups in total. The highest BCUT2D eigenvalue weighted by atomic mass is 16.3. The van der Waals surface area contributed by atoms with Gasteiger partial charge in [0, 0.05) is 23.0 Å². The fraction of sp³-hybridized carbons (Fsp3) is 0.0833. The highest BCUT2D eigenvalue weighted by Gasteiger charge is 2.15. The van der Waals surface area contributed by atoms with Crippen LogP contribution in [0.3, 0.4) is 0 Å². The van der Waals surface area contributed by atoms with Gasteiger partial charge in [-0.3, -0.25) is 0 Å². The van der Waals surface area contributed by atoms with E-state index in [0.29, 0.717) is 22.6 Å². The number of benzene rings is 1. The van der Waals surface area contributed by atoms with Crippen LogP contribution < -0.4 is 11.5 Å². The first-order valence-electron chi connectivity index (χ1n) is 4.93. The molecule has 0 spiro atoms. The SMILES string of the molecule is Nc1ccccc1C(O)c1cccnc1N. The maximum Gasteiger partial charge on any atom is 0.129 e. The second-order valence-corrected chi connectivity index (χ2v) is 3.51. The molecule has 16 heavy (non-hydrogen) atoms. The Morgan fingerprint density at radius 2 is 1.69 bits per heavy atom. The van der Waals surface area contributed by atoms with Crippen molar-refractivity contribution < 1.29 is 5.11 Å². The van der Waals surface area contributed by atoms with E-state index in [9.17, 15) is 5.11 Å². The highest BCUT2D eigenvalue weighted by Crippen LogP contribution is 2.28. The molecule has 0 saturated heterocycles. The van der Waals surface area contributed by atoms with Crippen LogP contribution in [0.5, 0.6) is 0 Å². The number of rotatable bonds is 2. The summed E-state index contributed by atoms with van der Waals surface area (Å²) in [5.41, 5.74) is 13.2. The van der Waals surface area contributed by atoms with Gasteiger partial charge in [-0.1, -0.05) is 24.3 Å². The molecule has 0 bridgehead atoms. The van der Waals surface area contributed by atoms with Crippen molar-refractivity contribution in [3.05, 3.63) is 53.7 Å². The summed E-state index contributed by atoms with van der Waals surface area (Å²) in [6.45, 7) is 0. The number of nitrogens with zero attached hydrogens (tertiary/aromatic N) is 1. The zero-order chi connectivity index (χ0) is 11.5.